The Labute approximate surface area is 109 Å². The molecule has 0 aromatic heterocycles. The van der Waals surface area contributed by atoms with Gasteiger partial charge in [0.05, 0.1) is 11.7 Å². The maximum Gasteiger partial charge on any atom is 0.336 e. The normalized spacial score (nSPS) is 16.8. The van der Waals surface area contributed by atoms with Crippen molar-refractivity contribution in [3.05, 3.63) is 28.2 Å². The Hall–Kier alpha value is -1.03. The van der Waals surface area contributed by atoms with Crippen molar-refractivity contribution in [3.63, 3.8) is 0 Å². The Morgan fingerprint density at radius 3 is 2.65 bits per heavy atom. The predicted molar refractivity (Wildman–Crippen MR) is 68.6 cm³/mol. The van der Waals surface area contributed by atoms with Crippen molar-refractivity contribution in [3.8, 4) is 5.75 Å². The van der Waals surface area contributed by atoms with Crippen LogP contribution in [0.25, 0.3) is 0 Å². The highest BCUT2D eigenvalue weighted by Crippen LogP contribution is 2.27. The highest BCUT2D eigenvalue weighted by Gasteiger charge is 2.16. The molecule has 4 heteroatoms. The van der Waals surface area contributed by atoms with E-state index in [1.54, 1.807) is 12.1 Å². The number of ether oxygens (including phenoxy) is 1. The summed E-state index contributed by atoms with van der Waals surface area (Å²) in [6.07, 6.45) is 6.06. The van der Waals surface area contributed by atoms with Crippen molar-refractivity contribution >= 4 is 21.9 Å². The second-order valence-corrected chi connectivity index (χ2v) is 5.18. The second kappa shape index (κ2) is 5.54. The van der Waals surface area contributed by atoms with E-state index in [1.165, 1.54) is 19.3 Å². The first-order valence-electron chi connectivity index (χ1n) is 5.86. The van der Waals surface area contributed by atoms with Gasteiger partial charge in [-0.3, -0.25) is 0 Å². The SMILES string of the molecule is O=C(O)c1cc(OC2CCCCC2)ccc1Br. The molecule has 1 aliphatic carbocycles. The van der Waals surface area contributed by atoms with Gasteiger partial charge in [-0.25, -0.2) is 4.79 Å². The minimum absolute atomic E-state index is 0.242. The lowest BCUT2D eigenvalue weighted by molar-refractivity contribution is 0.0694. The fourth-order valence-corrected chi connectivity index (χ4v) is 2.53. The smallest absolute Gasteiger partial charge is 0.336 e. The van der Waals surface area contributed by atoms with Crippen LogP contribution in [-0.2, 0) is 0 Å². The number of hydrogen-bond acceptors (Lipinski definition) is 2. The fourth-order valence-electron chi connectivity index (χ4n) is 2.12. The molecular weight excluding hydrogens is 284 g/mol. The average Bonchev–Trinajstić information content (AvgIpc) is 2.32. The summed E-state index contributed by atoms with van der Waals surface area (Å²) in [6, 6.07) is 5.12. The summed E-state index contributed by atoms with van der Waals surface area (Å²) in [4.78, 5) is 11.0. The van der Waals surface area contributed by atoms with Crippen LogP contribution in [0.3, 0.4) is 0 Å². The molecule has 92 valence electrons. The molecule has 3 nitrogen and oxygen atoms in total. The van der Waals surface area contributed by atoms with Gasteiger partial charge in [0.1, 0.15) is 5.75 Å². The first-order valence-corrected chi connectivity index (χ1v) is 6.65. The first-order chi connectivity index (χ1) is 8.16. The molecule has 0 amide bonds. The number of carboxylic acid groups (broad SMARTS) is 1. The Morgan fingerprint density at radius 2 is 2.00 bits per heavy atom. The zero-order chi connectivity index (χ0) is 12.3. The molecule has 1 N–H and O–H groups in total. The molecule has 0 radical (unpaired) electrons. The molecule has 1 saturated carbocycles. The van der Waals surface area contributed by atoms with Crippen LogP contribution >= 0.6 is 15.9 Å². The van der Waals surface area contributed by atoms with Crippen molar-refractivity contribution in [2.45, 2.75) is 38.2 Å². The number of hydrogen-bond donors (Lipinski definition) is 1. The summed E-state index contributed by atoms with van der Waals surface area (Å²) in [6.45, 7) is 0. The van der Waals surface area contributed by atoms with Gasteiger partial charge in [-0.15, -0.1) is 0 Å². The van der Waals surface area contributed by atoms with Crippen molar-refractivity contribution in [2.75, 3.05) is 0 Å². The molecule has 1 fully saturated rings. The van der Waals surface area contributed by atoms with Gasteiger partial charge in [0.25, 0.3) is 0 Å². The first kappa shape index (κ1) is 12.4. The molecular formula is C13H15BrO3. The number of aromatic carboxylic acids is 1. The molecule has 1 aromatic carbocycles. The van der Waals surface area contributed by atoms with E-state index < -0.39 is 5.97 Å². The van der Waals surface area contributed by atoms with Crippen LogP contribution in [0.4, 0.5) is 0 Å². The van der Waals surface area contributed by atoms with Crippen molar-refractivity contribution < 1.29 is 14.6 Å². The maximum absolute atomic E-state index is 11.0. The Balaban J connectivity index is 2.10. The van der Waals surface area contributed by atoms with Gasteiger partial charge >= 0.3 is 5.97 Å². The zero-order valence-corrected chi connectivity index (χ0v) is 11.1. The van der Waals surface area contributed by atoms with E-state index in [-0.39, 0.29) is 11.7 Å². The Morgan fingerprint density at radius 1 is 1.29 bits per heavy atom. The van der Waals surface area contributed by atoms with Crippen LogP contribution in [0, 0.1) is 0 Å². The molecule has 0 unspecified atom stereocenters. The zero-order valence-electron chi connectivity index (χ0n) is 9.49. The molecule has 2 rings (SSSR count). The predicted octanol–water partition coefficient (Wildman–Crippen LogP) is 3.86. The van der Waals surface area contributed by atoms with Gasteiger partial charge in [0.2, 0.25) is 0 Å². The summed E-state index contributed by atoms with van der Waals surface area (Å²) in [7, 11) is 0. The minimum atomic E-state index is -0.939. The van der Waals surface area contributed by atoms with Crippen molar-refractivity contribution in [2.24, 2.45) is 0 Å². The molecule has 0 aliphatic heterocycles. The van der Waals surface area contributed by atoms with Crippen LogP contribution in [0.2, 0.25) is 0 Å². The van der Waals surface area contributed by atoms with Gasteiger partial charge in [-0.2, -0.15) is 0 Å². The van der Waals surface area contributed by atoms with E-state index >= 15 is 0 Å². The van der Waals surface area contributed by atoms with Crippen molar-refractivity contribution in [1.82, 2.24) is 0 Å². The van der Waals surface area contributed by atoms with Crippen LogP contribution in [0.5, 0.6) is 5.75 Å². The topological polar surface area (TPSA) is 46.5 Å². The Kier molecular flexibility index (Phi) is 4.05. The van der Waals surface area contributed by atoms with Gasteiger partial charge in [-0.1, -0.05) is 6.42 Å². The van der Waals surface area contributed by atoms with Gasteiger partial charge < -0.3 is 9.84 Å². The third-order valence-electron chi connectivity index (χ3n) is 3.02. The average molecular weight is 299 g/mol. The van der Waals surface area contributed by atoms with E-state index in [0.29, 0.717) is 10.2 Å². The van der Waals surface area contributed by atoms with Crippen molar-refractivity contribution in [1.29, 1.82) is 0 Å². The van der Waals surface area contributed by atoms with E-state index in [2.05, 4.69) is 15.9 Å². The summed E-state index contributed by atoms with van der Waals surface area (Å²) in [5, 5.41) is 9.01. The largest absolute Gasteiger partial charge is 0.490 e. The summed E-state index contributed by atoms with van der Waals surface area (Å²) in [5.74, 6) is -0.288. The number of carbonyl (C=O) groups is 1. The molecule has 0 heterocycles. The molecule has 0 bridgehead atoms. The highest BCUT2D eigenvalue weighted by molar-refractivity contribution is 9.10. The van der Waals surface area contributed by atoms with Crippen LogP contribution in [0.15, 0.2) is 22.7 Å². The second-order valence-electron chi connectivity index (χ2n) is 4.32. The third kappa shape index (κ3) is 3.22. The van der Waals surface area contributed by atoms with E-state index in [9.17, 15) is 4.79 Å². The third-order valence-corrected chi connectivity index (χ3v) is 3.71. The Bertz CT molecular complexity index is 411. The lowest BCUT2D eigenvalue weighted by atomic mass is 9.98. The number of benzene rings is 1. The van der Waals surface area contributed by atoms with Crippen LogP contribution in [-0.4, -0.2) is 17.2 Å². The van der Waals surface area contributed by atoms with Crippen LogP contribution < -0.4 is 4.74 Å². The minimum Gasteiger partial charge on any atom is -0.490 e. The molecule has 0 atom stereocenters. The van der Waals surface area contributed by atoms with Crippen LogP contribution in [0.1, 0.15) is 42.5 Å². The monoisotopic (exact) mass is 298 g/mol. The number of rotatable bonds is 3. The standard InChI is InChI=1S/C13H15BrO3/c14-12-7-6-10(8-11(12)13(15)16)17-9-4-2-1-3-5-9/h6-9H,1-5H2,(H,15,16). The fraction of sp³-hybridized carbons (Fsp3) is 0.462. The lowest BCUT2D eigenvalue weighted by Crippen LogP contribution is -2.19. The molecule has 0 spiro atoms. The van der Waals surface area contributed by atoms with Gasteiger partial charge in [-0.05, 0) is 59.8 Å². The number of carboxylic acids is 1. The molecule has 0 saturated heterocycles. The maximum atomic E-state index is 11.0. The number of halogens is 1. The molecule has 1 aliphatic rings. The van der Waals surface area contributed by atoms with E-state index in [0.717, 1.165) is 12.8 Å². The molecule has 1 aromatic rings. The van der Waals surface area contributed by atoms with E-state index in [4.69, 9.17) is 9.84 Å². The quantitative estimate of drug-likeness (QED) is 0.922. The van der Waals surface area contributed by atoms with Gasteiger partial charge in [0, 0.05) is 4.47 Å². The summed E-state index contributed by atoms with van der Waals surface area (Å²) < 4.78 is 6.40. The van der Waals surface area contributed by atoms with Gasteiger partial charge in [0.15, 0.2) is 0 Å². The molecule has 17 heavy (non-hydrogen) atoms. The summed E-state index contributed by atoms with van der Waals surface area (Å²) >= 11 is 3.22. The highest BCUT2D eigenvalue weighted by atomic mass is 79.9. The van der Waals surface area contributed by atoms with E-state index in [1.807, 2.05) is 6.07 Å². The summed E-state index contributed by atoms with van der Waals surface area (Å²) in [5.41, 5.74) is 0.248. The lowest BCUT2D eigenvalue weighted by Gasteiger charge is -2.23.